The van der Waals surface area contributed by atoms with E-state index in [0.29, 0.717) is 5.56 Å². The molecule has 0 saturated carbocycles. The highest BCUT2D eigenvalue weighted by Crippen LogP contribution is 2.31. The van der Waals surface area contributed by atoms with Crippen molar-refractivity contribution in [1.82, 2.24) is 4.98 Å². The van der Waals surface area contributed by atoms with Crippen LogP contribution in [-0.4, -0.2) is 9.91 Å². The topological polar surface area (TPSA) is 56.0 Å². The highest BCUT2D eigenvalue weighted by molar-refractivity contribution is 5.75. The van der Waals surface area contributed by atoms with Gasteiger partial charge < -0.3 is 0 Å². The van der Waals surface area contributed by atoms with Gasteiger partial charge in [0, 0.05) is 6.20 Å². The Bertz CT molecular complexity index is 524. The van der Waals surface area contributed by atoms with Gasteiger partial charge in [0.1, 0.15) is 6.20 Å². The van der Waals surface area contributed by atoms with Crippen molar-refractivity contribution in [3.63, 3.8) is 0 Å². The molecule has 16 heavy (non-hydrogen) atoms. The molecule has 0 amide bonds. The maximum atomic E-state index is 10.9. The second-order valence-electron chi connectivity index (χ2n) is 3.47. The van der Waals surface area contributed by atoms with Gasteiger partial charge in [0.25, 0.3) is 5.69 Å². The molecule has 0 aliphatic heterocycles. The van der Waals surface area contributed by atoms with E-state index in [0.717, 1.165) is 11.1 Å². The van der Waals surface area contributed by atoms with E-state index in [1.807, 2.05) is 37.3 Å². The zero-order valence-electron chi connectivity index (χ0n) is 8.75. The molecule has 0 unspecified atom stereocenters. The molecule has 0 aliphatic carbocycles. The maximum absolute atomic E-state index is 10.9. The van der Waals surface area contributed by atoms with Gasteiger partial charge in [-0.1, -0.05) is 30.3 Å². The van der Waals surface area contributed by atoms with Gasteiger partial charge in [-0.3, -0.25) is 15.1 Å². The molecule has 0 spiro atoms. The van der Waals surface area contributed by atoms with Gasteiger partial charge in [-0.05, 0) is 18.1 Å². The summed E-state index contributed by atoms with van der Waals surface area (Å²) >= 11 is 0. The fourth-order valence-corrected chi connectivity index (χ4v) is 1.67. The molecule has 1 heterocycles. The summed E-state index contributed by atoms with van der Waals surface area (Å²) in [6.07, 6.45) is 2.92. The van der Waals surface area contributed by atoms with E-state index in [4.69, 9.17) is 0 Å². The van der Waals surface area contributed by atoms with E-state index in [1.54, 1.807) is 6.20 Å². The summed E-state index contributed by atoms with van der Waals surface area (Å²) in [6, 6.07) is 9.31. The molecule has 1 aromatic heterocycles. The van der Waals surface area contributed by atoms with Crippen molar-refractivity contribution in [3.8, 4) is 11.1 Å². The number of benzene rings is 1. The second kappa shape index (κ2) is 4.10. The van der Waals surface area contributed by atoms with E-state index in [9.17, 15) is 10.1 Å². The Morgan fingerprint density at radius 3 is 2.50 bits per heavy atom. The van der Waals surface area contributed by atoms with Gasteiger partial charge in [-0.2, -0.15) is 0 Å². The predicted octanol–water partition coefficient (Wildman–Crippen LogP) is 2.97. The van der Waals surface area contributed by atoms with Crippen LogP contribution in [0, 0.1) is 17.0 Å². The van der Waals surface area contributed by atoms with Crippen molar-refractivity contribution in [2.24, 2.45) is 0 Å². The van der Waals surface area contributed by atoms with Crippen molar-refractivity contribution in [3.05, 3.63) is 58.4 Å². The van der Waals surface area contributed by atoms with Crippen molar-refractivity contribution in [2.75, 3.05) is 0 Å². The van der Waals surface area contributed by atoms with Gasteiger partial charge in [-0.15, -0.1) is 0 Å². The SMILES string of the molecule is Cc1cncc([N+](=O)[O-])c1-c1ccccc1. The average Bonchev–Trinajstić information content (AvgIpc) is 2.29. The van der Waals surface area contributed by atoms with Crippen LogP contribution in [0.5, 0.6) is 0 Å². The monoisotopic (exact) mass is 214 g/mol. The number of rotatable bonds is 2. The Labute approximate surface area is 92.7 Å². The van der Waals surface area contributed by atoms with Crippen LogP contribution >= 0.6 is 0 Å². The first-order chi connectivity index (χ1) is 7.70. The summed E-state index contributed by atoms with van der Waals surface area (Å²) in [5.41, 5.74) is 2.33. The number of nitrogens with zero attached hydrogens (tertiary/aromatic N) is 2. The minimum absolute atomic E-state index is 0.0474. The third kappa shape index (κ3) is 1.77. The second-order valence-corrected chi connectivity index (χ2v) is 3.47. The van der Waals surface area contributed by atoms with Crippen LogP contribution in [0.2, 0.25) is 0 Å². The number of hydrogen-bond acceptors (Lipinski definition) is 3. The molecule has 0 atom stereocenters. The molecule has 4 nitrogen and oxygen atoms in total. The van der Waals surface area contributed by atoms with Crippen molar-refractivity contribution in [1.29, 1.82) is 0 Å². The lowest BCUT2D eigenvalue weighted by atomic mass is 10.0. The first kappa shape index (κ1) is 10.3. The van der Waals surface area contributed by atoms with Gasteiger partial charge in [0.15, 0.2) is 0 Å². The van der Waals surface area contributed by atoms with E-state index >= 15 is 0 Å². The number of aryl methyl sites for hydroxylation is 1. The highest BCUT2D eigenvalue weighted by atomic mass is 16.6. The first-order valence-corrected chi connectivity index (χ1v) is 4.84. The summed E-state index contributed by atoms with van der Waals surface area (Å²) < 4.78 is 0. The lowest BCUT2D eigenvalue weighted by Crippen LogP contribution is -1.95. The number of hydrogen-bond donors (Lipinski definition) is 0. The minimum atomic E-state index is -0.400. The van der Waals surface area contributed by atoms with Crippen LogP contribution in [0.1, 0.15) is 5.56 Å². The molecule has 2 aromatic rings. The lowest BCUT2D eigenvalue weighted by molar-refractivity contribution is -0.384. The van der Waals surface area contributed by atoms with E-state index < -0.39 is 4.92 Å². The fourth-order valence-electron chi connectivity index (χ4n) is 1.67. The standard InChI is InChI=1S/C12H10N2O2/c1-9-7-13-8-11(14(15)16)12(9)10-5-3-2-4-6-10/h2-8H,1H3. The number of nitro groups is 1. The van der Waals surface area contributed by atoms with E-state index in [1.165, 1.54) is 6.20 Å². The maximum Gasteiger partial charge on any atom is 0.295 e. The first-order valence-electron chi connectivity index (χ1n) is 4.84. The lowest BCUT2D eigenvalue weighted by Gasteiger charge is -2.05. The summed E-state index contributed by atoms with van der Waals surface area (Å²) in [5, 5.41) is 10.9. The number of aromatic nitrogens is 1. The predicted molar refractivity (Wildman–Crippen MR) is 61.1 cm³/mol. The summed E-state index contributed by atoms with van der Waals surface area (Å²) in [4.78, 5) is 14.4. The Morgan fingerprint density at radius 2 is 1.88 bits per heavy atom. The summed E-state index contributed by atoms with van der Waals surface area (Å²) in [7, 11) is 0. The van der Waals surface area contributed by atoms with Gasteiger partial charge in [0.2, 0.25) is 0 Å². The average molecular weight is 214 g/mol. The molecule has 0 bridgehead atoms. The molecular weight excluding hydrogens is 204 g/mol. The fraction of sp³-hybridized carbons (Fsp3) is 0.0833. The molecular formula is C12H10N2O2. The zero-order chi connectivity index (χ0) is 11.5. The van der Waals surface area contributed by atoms with Crippen molar-refractivity contribution in [2.45, 2.75) is 6.92 Å². The molecule has 80 valence electrons. The minimum Gasteiger partial charge on any atom is -0.258 e. The molecule has 4 heteroatoms. The van der Waals surface area contributed by atoms with E-state index in [-0.39, 0.29) is 5.69 Å². The van der Waals surface area contributed by atoms with Gasteiger partial charge in [-0.25, -0.2) is 0 Å². The van der Waals surface area contributed by atoms with Crippen LogP contribution in [0.25, 0.3) is 11.1 Å². The molecule has 0 N–H and O–H groups in total. The Balaban J connectivity index is 2.68. The highest BCUT2D eigenvalue weighted by Gasteiger charge is 2.17. The van der Waals surface area contributed by atoms with Gasteiger partial charge >= 0.3 is 0 Å². The molecule has 0 aliphatic rings. The largest absolute Gasteiger partial charge is 0.295 e. The van der Waals surface area contributed by atoms with Gasteiger partial charge in [0.05, 0.1) is 10.5 Å². The van der Waals surface area contributed by atoms with Crippen LogP contribution < -0.4 is 0 Å². The third-order valence-electron chi connectivity index (χ3n) is 2.37. The van der Waals surface area contributed by atoms with Crippen LogP contribution in [-0.2, 0) is 0 Å². The zero-order valence-corrected chi connectivity index (χ0v) is 8.75. The summed E-state index contributed by atoms with van der Waals surface area (Å²) in [5.74, 6) is 0. The van der Waals surface area contributed by atoms with Crippen LogP contribution in [0.4, 0.5) is 5.69 Å². The molecule has 0 fully saturated rings. The van der Waals surface area contributed by atoms with Crippen LogP contribution in [0.15, 0.2) is 42.7 Å². The summed E-state index contributed by atoms with van der Waals surface area (Å²) in [6.45, 7) is 1.82. The Kier molecular flexibility index (Phi) is 2.64. The quantitative estimate of drug-likeness (QED) is 0.570. The van der Waals surface area contributed by atoms with Crippen LogP contribution in [0.3, 0.4) is 0 Å². The molecule has 0 saturated heterocycles. The smallest absolute Gasteiger partial charge is 0.258 e. The normalized spacial score (nSPS) is 10.1. The Hall–Kier alpha value is -2.23. The molecule has 0 radical (unpaired) electrons. The number of pyridine rings is 1. The molecule has 1 aromatic carbocycles. The Morgan fingerprint density at radius 1 is 1.19 bits per heavy atom. The van der Waals surface area contributed by atoms with E-state index in [2.05, 4.69) is 4.98 Å². The van der Waals surface area contributed by atoms with Crippen molar-refractivity contribution < 1.29 is 4.92 Å². The van der Waals surface area contributed by atoms with Crippen molar-refractivity contribution >= 4 is 5.69 Å². The molecule has 2 rings (SSSR count). The third-order valence-corrected chi connectivity index (χ3v) is 2.37.